The standard InChI is InChI=1S/C21H21FN2O3/c1-13(2)12-23-20(25)17-18(14-8-10-15(22)11-9-14)24(27-19(17)21(23)26)16-6-4-3-5-7-16/h3-11,13,17-19H,12H2,1-2H3/t17-,18+,19+/m1/s1. The third-order valence-electron chi connectivity index (χ3n) is 4.98. The SMILES string of the molecule is CC(C)CN1C(=O)[C@H]2[C@H](ON(c3ccccc3)[C@H]2c2ccc(F)cc2)C1=O. The van der Waals surface area contributed by atoms with Crippen LogP contribution >= 0.6 is 0 Å². The minimum Gasteiger partial charge on any atom is -0.280 e. The van der Waals surface area contributed by atoms with Crippen LogP contribution in [-0.2, 0) is 14.4 Å². The predicted octanol–water partition coefficient (Wildman–Crippen LogP) is 3.33. The van der Waals surface area contributed by atoms with Gasteiger partial charge in [-0.05, 0) is 35.7 Å². The number of rotatable bonds is 4. The molecule has 27 heavy (non-hydrogen) atoms. The fourth-order valence-electron chi connectivity index (χ4n) is 3.81. The van der Waals surface area contributed by atoms with Crippen LogP contribution in [0.5, 0.6) is 0 Å². The minimum absolute atomic E-state index is 0.172. The minimum atomic E-state index is -0.855. The molecule has 2 aromatic carbocycles. The summed E-state index contributed by atoms with van der Waals surface area (Å²) in [4.78, 5) is 33.2. The molecule has 6 heteroatoms. The van der Waals surface area contributed by atoms with Gasteiger partial charge in [0.15, 0.2) is 6.10 Å². The van der Waals surface area contributed by atoms with Crippen molar-refractivity contribution in [2.75, 3.05) is 11.6 Å². The molecule has 0 aromatic heterocycles. The van der Waals surface area contributed by atoms with Crippen LogP contribution < -0.4 is 5.06 Å². The lowest BCUT2D eigenvalue weighted by Crippen LogP contribution is -2.39. The zero-order chi connectivity index (χ0) is 19.1. The number of likely N-dealkylation sites (tertiary alicyclic amines) is 1. The second kappa shape index (κ2) is 6.78. The third kappa shape index (κ3) is 3.00. The Morgan fingerprint density at radius 2 is 1.67 bits per heavy atom. The van der Waals surface area contributed by atoms with Gasteiger partial charge in [-0.25, -0.2) is 9.45 Å². The van der Waals surface area contributed by atoms with Gasteiger partial charge in [0.1, 0.15) is 11.7 Å². The molecule has 0 spiro atoms. The van der Waals surface area contributed by atoms with Crippen LogP contribution in [0.25, 0.3) is 0 Å². The molecule has 0 saturated carbocycles. The highest BCUT2D eigenvalue weighted by atomic mass is 19.1. The van der Waals surface area contributed by atoms with Gasteiger partial charge in [-0.1, -0.05) is 44.2 Å². The maximum Gasteiger partial charge on any atom is 0.262 e. The van der Waals surface area contributed by atoms with Crippen LogP contribution in [-0.4, -0.2) is 29.4 Å². The van der Waals surface area contributed by atoms with Crippen molar-refractivity contribution in [3.63, 3.8) is 0 Å². The third-order valence-corrected chi connectivity index (χ3v) is 4.98. The lowest BCUT2D eigenvalue weighted by atomic mass is 9.90. The fraction of sp³-hybridized carbons (Fsp3) is 0.333. The molecule has 2 saturated heterocycles. The molecule has 0 unspecified atom stereocenters. The van der Waals surface area contributed by atoms with Crippen molar-refractivity contribution < 1.29 is 18.8 Å². The Kier molecular flexibility index (Phi) is 4.44. The van der Waals surface area contributed by atoms with Crippen LogP contribution in [0.4, 0.5) is 10.1 Å². The van der Waals surface area contributed by atoms with E-state index >= 15 is 0 Å². The average Bonchev–Trinajstić information content (AvgIpc) is 3.15. The quantitative estimate of drug-likeness (QED) is 0.777. The Morgan fingerprint density at radius 1 is 1.00 bits per heavy atom. The van der Waals surface area contributed by atoms with E-state index in [1.54, 1.807) is 17.2 Å². The van der Waals surface area contributed by atoms with Gasteiger partial charge in [-0.3, -0.25) is 19.3 Å². The van der Waals surface area contributed by atoms with Crippen LogP contribution in [0.3, 0.4) is 0 Å². The topological polar surface area (TPSA) is 49.9 Å². The Bertz CT molecular complexity index is 853. The molecule has 4 rings (SSSR count). The number of para-hydroxylation sites is 1. The molecule has 2 fully saturated rings. The first-order chi connectivity index (χ1) is 13.0. The zero-order valence-corrected chi connectivity index (χ0v) is 15.2. The Hall–Kier alpha value is -2.73. The van der Waals surface area contributed by atoms with Gasteiger partial charge in [0.05, 0.1) is 11.7 Å². The van der Waals surface area contributed by atoms with Crippen molar-refractivity contribution in [3.8, 4) is 0 Å². The second-order valence-electron chi connectivity index (χ2n) is 7.39. The Morgan fingerprint density at radius 3 is 2.30 bits per heavy atom. The van der Waals surface area contributed by atoms with Gasteiger partial charge in [0.25, 0.3) is 5.91 Å². The van der Waals surface area contributed by atoms with Crippen molar-refractivity contribution in [2.45, 2.75) is 26.0 Å². The molecule has 3 atom stereocenters. The van der Waals surface area contributed by atoms with E-state index in [1.807, 2.05) is 44.2 Å². The second-order valence-corrected chi connectivity index (χ2v) is 7.39. The number of imide groups is 1. The maximum atomic E-state index is 13.4. The van der Waals surface area contributed by atoms with E-state index in [0.717, 1.165) is 11.3 Å². The molecular formula is C21H21FN2O3. The molecule has 2 aliphatic rings. The number of nitrogens with zero attached hydrogens (tertiary/aromatic N) is 2. The van der Waals surface area contributed by atoms with E-state index < -0.39 is 18.1 Å². The Balaban J connectivity index is 1.76. The number of amides is 2. The lowest BCUT2D eigenvalue weighted by Gasteiger charge is -2.29. The molecule has 2 heterocycles. The number of benzene rings is 2. The smallest absolute Gasteiger partial charge is 0.262 e. The molecule has 2 amide bonds. The van der Waals surface area contributed by atoms with Gasteiger partial charge < -0.3 is 0 Å². The molecule has 5 nitrogen and oxygen atoms in total. The summed E-state index contributed by atoms with van der Waals surface area (Å²) < 4.78 is 13.4. The van der Waals surface area contributed by atoms with E-state index in [2.05, 4.69) is 0 Å². The number of carbonyl (C=O) groups is 2. The number of hydrogen-bond acceptors (Lipinski definition) is 4. The highest BCUT2D eigenvalue weighted by Gasteiger charge is 2.59. The van der Waals surface area contributed by atoms with E-state index in [9.17, 15) is 14.0 Å². The molecule has 140 valence electrons. The summed E-state index contributed by atoms with van der Waals surface area (Å²) in [7, 11) is 0. The van der Waals surface area contributed by atoms with Gasteiger partial charge >= 0.3 is 0 Å². The molecule has 0 bridgehead atoms. The van der Waals surface area contributed by atoms with Crippen molar-refractivity contribution in [3.05, 3.63) is 66.0 Å². The number of halogens is 1. The highest BCUT2D eigenvalue weighted by Crippen LogP contribution is 2.46. The monoisotopic (exact) mass is 368 g/mol. The molecule has 2 aromatic rings. The first-order valence-corrected chi connectivity index (χ1v) is 9.09. The fourth-order valence-corrected chi connectivity index (χ4v) is 3.81. The molecule has 0 aliphatic carbocycles. The summed E-state index contributed by atoms with van der Waals surface area (Å²) in [6.45, 7) is 4.29. The summed E-state index contributed by atoms with van der Waals surface area (Å²) in [5.41, 5.74) is 1.48. The number of fused-ring (bicyclic) bond motifs is 1. The van der Waals surface area contributed by atoms with Crippen molar-refractivity contribution >= 4 is 17.5 Å². The average molecular weight is 368 g/mol. The lowest BCUT2D eigenvalue weighted by molar-refractivity contribution is -0.143. The molecular weight excluding hydrogens is 347 g/mol. The van der Waals surface area contributed by atoms with Gasteiger partial charge in [0.2, 0.25) is 5.91 Å². The van der Waals surface area contributed by atoms with Crippen LogP contribution in [0, 0.1) is 17.7 Å². The Labute approximate surface area is 157 Å². The number of hydroxylamine groups is 1. The molecule has 0 radical (unpaired) electrons. The maximum absolute atomic E-state index is 13.4. The van der Waals surface area contributed by atoms with Gasteiger partial charge in [0, 0.05) is 6.54 Å². The summed E-state index contributed by atoms with van der Waals surface area (Å²) in [6.07, 6.45) is -0.855. The van der Waals surface area contributed by atoms with Crippen molar-refractivity contribution in [1.82, 2.24) is 4.90 Å². The van der Waals surface area contributed by atoms with Crippen molar-refractivity contribution in [2.24, 2.45) is 11.8 Å². The van der Waals surface area contributed by atoms with E-state index in [-0.39, 0.29) is 23.5 Å². The first kappa shape index (κ1) is 17.7. The van der Waals surface area contributed by atoms with E-state index in [1.165, 1.54) is 17.0 Å². The summed E-state index contributed by atoms with van der Waals surface area (Å²) in [5.74, 6) is -1.36. The predicted molar refractivity (Wildman–Crippen MR) is 98.0 cm³/mol. The number of hydrogen-bond donors (Lipinski definition) is 0. The van der Waals surface area contributed by atoms with Crippen molar-refractivity contribution in [1.29, 1.82) is 0 Å². The molecule has 2 aliphatic heterocycles. The first-order valence-electron chi connectivity index (χ1n) is 9.09. The largest absolute Gasteiger partial charge is 0.280 e. The van der Waals surface area contributed by atoms with E-state index in [4.69, 9.17) is 4.84 Å². The number of carbonyl (C=O) groups excluding carboxylic acids is 2. The van der Waals surface area contributed by atoms with E-state index in [0.29, 0.717) is 6.54 Å². The van der Waals surface area contributed by atoms with Gasteiger partial charge in [-0.15, -0.1) is 0 Å². The normalized spacial score (nSPS) is 24.8. The zero-order valence-electron chi connectivity index (χ0n) is 15.2. The van der Waals surface area contributed by atoms with Crippen LogP contribution in [0.1, 0.15) is 25.5 Å². The number of anilines is 1. The highest BCUT2D eigenvalue weighted by molar-refractivity contribution is 6.07. The van der Waals surface area contributed by atoms with Gasteiger partial charge in [-0.2, -0.15) is 0 Å². The summed E-state index contributed by atoms with van der Waals surface area (Å²) in [5, 5.41) is 1.62. The van der Waals surface area contributed by atoms with Crippen LogP contribution in [0.2, 0.25) is 0 Å². The summed E-state index contributed by atoms with van der Waals surface area (Å²) >= 11 is 0. The molecule has 0 N–H and O–H groups in total. The summed E-state index contributed by atoms with van der Waals surface area (Å²) in [6, 6.07) is 14.8. The van der Waals surface area contributed by atoms with Crippen LogP contribution in [0.15, 0.2) is 54.6 Å².